The Hall–Kier alpha value is -1.55. The number of hydrogen-bond acceptors (Lipinski definition) is 8. The van der Waals surface area contributed by atoms with E-state index in [-0.39, 0.29) is 5.92 Å². The molecule has 9 heteroatoms. The van der Waals surface area contributed by atoms with Gasteiger partial charge >= 0.3 is 11.9 Å². The van der Waals surface area contributed by atoms with Crippen LogP contribution < -0.4 is 0 Å². The molecule has 0 amide bonds. The molecule has 0 saturated heterocycles. The lowest BCUT2D eigenvalue weighted by Gasteiger charge is -2.20. The first-order chi connectivity index (χ1) is 9.54. The van der Waals surface area contributed by atoms with Gasteiger partial charge in [-0.1, -0.05) is 13.8 Å². The smallest absolute Gasteiger partial charge is 0.305 e. The molecule has 5 N–H and O–H groups in total. The van der Waals surface area contributed by atoms with Gasteiger partial charge in [0.05, 0.1) is 5.92 Å². The van der Waals surface area contributed by atoms with Gasteiger partial charge in [0.15, 0.2) is 5.78 Å². The molecule has 0 aromatic carbocycles. The Balaban J connectivity index is 0. The predicted octanol–water partition coefficient (Wildman–Crippen LogP) is -2.08. The summed E-state index contributed by atoms with van der Waals surface area (Å²) in [5, 5.41) is 43.8. The summed E-state index contributed by atoms with van der Waals surface area (Å²) >= 11 is 0. The maximum Gasteiger partial charge on any atom is 0.305 e. The lowest BCUT2D eigenvalue weighted by atomic mass is 10.1. The lowest BCUT2D eigenvalue weighted by Crippen LogP contribution is -2.45. The van der Waals surface area contributed by atoms with Gasteiger partial charge in [-0.2, -0.15) is 0 Å². The third kappa shape index (κ3) is 10.9. The van der Waals surface area contributed by atoms with Gasteiger partial charge in [-0.05, 0) is 0 Å². The van der Waals surface area contributed by atoms with Crippen LogP contribution in [-0.4, -0.2) is 74.8 Å². The first kappa shape index (κ1) is 21.7. The number of rotatable bonds is 7. The largest absolute Gasteiger partial charge is 0.481 e. The Morgan fingerprint density at radius 3 is 1.81 bits per heavy atom. The second kappa shape index (κ2) is 11.1. The average Bonchev–Trinajstić information content (AvgIpc) is 2.42. The van der Waals surface area contributed by atoms with E-state index in [0.717, 1.165) is 6.92 Å². The fraction of sp³-hybridized carbons (Fsp3) is 0.750. The third-order valence-corrected chi connectivity index (χ3v) is 2.15. The van der Waals surface area contributed by atoms with Crippen molar-refractivity contribution < 1.29 is 44.7 Å². The zero-order chi connectivity index (χ0) is 17.2. The number of ketones is 1. The highest BCUT2D eigenvalue weighted by atomic mass is 16.5. The maximum atomic E-state index is 10.7. The number of aliphatic hydroxyl groups is 4. The summed E-state index contributed by atoms with van der Waals surface area (Å²) < 4.78 is 4.35. The number of ether oxygens (including phenoxy) is 1. The minimum absolute atomic E-state index is 0.231. The van der Waals surface area contributed by atoms with E-state index < -0.39 is 49.2 Å². The van der Waals surface area contributed by atoms with Gasteiger partial charge in [-0.25, -0.2) is 0 Å². The quantitative estimate of drug-likeness (QED) is 0.332. The van der Waals surface area contributed by atoms with E-state index in [1.54, 1.807) is 13.8 Å². The molecule has 0 heterocycles. The highest BCUT2D eigenvalue weighted by molar-refractivity contribution is 5.84. The first-order valence-electron chi connectivity index (χ1n) is 6.08. The highest BCUT2D eigenvalue weighted by Gasteiger charge is 2.30. The van der Waals surface area contributed by atoms with Crippen molar-refractivity contribution in [3.8, 4) is 0 Å². The normalized spacial score (nSPS) is 14.5. The van der Waals surface area contributed by atoms with Crippen molar-refractivity contribution in [3.63, 3.8) is 0 Å². The number of esters is 1. The molecular weight excluding hydrogens is 288 g/mol. The number of carboxylic acid groups (broad SMARTS) is 1. The topological polar surface area (TPSA) is 162 Å². The van der Waals surface area contributed by atoms with Gasteiger partial charge in [0.2, 0.25) is 0 Å². The van der Waals surface area contributed by atoms with Crippen LogP contribution in [0.1, 0.15) is 20.8 Å². The number of carbonyl (C=O) groups is 3. The summed E-state index contributed by atoms with van der Waals surface area (Å²) in [5.74, 6) is -2.66. The molecule has 9 nitrogen and oxygen atoms in total. The Kier molecular flexibility index (Phi) is 11.5. The SMILES string of the molecule is CC(=O)OC[C@@H](O)[C@@H](O)[C@H](O)C(=O)CO.CC(C)C(=O)O. The van der Waals surface area contributed by atoms with Gasteiger partial charge in [0, 0.05) is 6.92 Å². The van der Waals surface area contributed by atoms with Crippen LogP contribution in [0.4, 0.5) is 0 Å². The lowest BCUT2D eigenvalue weighted by molar-refractivity contribution is -0.153. The number of aliphatic hydroxyl groups excluding tert-OH is 4. The fourth-order valence-electron chi connectivity index (χ4n) is 0.796. The zero-order valence-electron chi connectivity index (χ0n) is 12.1. The van der Waals surface area contributed by atoms with Crippen LogP contribution in [0.25, 0.3) is 0 Å². The van der Waals surface area contributed by atoms with Gasteiger partial charge in [0.1, 0.15) is 31.5 Å². The molecule has 0 radical (unpaired) electrons. The molecule has 3 atom stereocenters. The van der Waals surface area contributed by atoms with Crippen LogP contribution in [0.5, 0.6) is 0 Å². The van der Waals surface area contributed by atoms with Gasteiger partial charge in [0.25, 0.3) is 0 Å². The number of carbonyl (C=O) groups excluding carboxylic acids is 2. The zero-order valence-corrected chi connectivity index (χ0v) is 12.1. The average molecular weight is 310 g/mol. The molecule has 21 heavy (non-hydrogen) atoms. The molecule has 0 aliphatic carbocycles. The minimum atomic E-state index is -1.90. The van der Waals surface area contributed by atoms with Crippen LogP contribution in [0.2, 0.25) is 0 Å². The Morgan fingerprint density at radius 2 is 1.52 bits per heavy atom. The van der Waals surface area contributed by atoms with E-state index in [4.69, 9.17) is 20.4 Å². The Morgan fingerprint density at radius 1 is 1.10 bits per heavy atom. The van der Waals surface area contributed by atoms with E-state index in [1.807, 2.05) is 0 Å². The number of aliphatic carboxylic acids is 1. The van der Waals surface area contributed by atoms with Crippen molar-refractivity contribution in [3.05, 3.63) is 0 Å². The van der Waals surface area contributed by atoms with E-state index >= 15 is 0 Å². The number of Topliss-reactive ketones (excluding diaryl/α,β-unsaturated/α-hetero) is 1. The van der Waals surface area contributed by atoms with Crippen LogP contribution in [0.15, 0.2) is 0 Å². The number of carboxylic acids is 1. The summed E-state index contributed by atoms with van der Waals surface area (Å²) in [6.45, 7) is 2.91. The van der Waals surface area contributed by atoms with Crippen LogP contribution in [-0.2, 0) is 19.1 Å². The van der Waals surface area contributed by atoms with Crippen LogP contribution in [0.3, 0.4) is 0 Å². The van der Waals surface area contributed by atoms with E-state index in [2.05, 4.69) is 4.74 Å². The molecule has 0 aliphatic rings. The van der Waals surface area contributed by atoms with Crippen molar-refractivity contribution in [2.75, 3.05) is 13.2 Å². The molecule has 0 rings (SSSR count). The van der Waals surface area contributed by atoms with Crippen LogP contribution >= 0.6 is 0 Å². The van der Waals surface area contributed by atoms with E-state index in [0.29, 0.717) is 0 Å². The molecule has 0 aromatic heterocycles. The molecule has 0 saturated carbocycles. The summed E-state index contributed by atoms with van der Waals surface area (Å²) in [6, 6.07) is 0. The highest BCUT2D eigenvalue weighted by Crippen LogP contribution is 2.02. The Bertz CT molecular complexity index is 340. The predicted molar refractivity (Wildman–Crippen MR) is 69.2 cm³/mol. The van der Waals surface area contributed by atoms with Gasteiger partial charge < -0.3 is 30.3 Å². The summed E-state index contributed by atoms with van der Waals surface area (Å²) in [7, 11) is 0. The standard InChI is InChI=1S/C8H14O7.C4H8O2/c1-4(10)15-3-6(12)8(14)7(13)5(11)2-9;1-3(2)4(5)6/h6-9,12-14H,2-3H2,1H3;3H,1-2H3,(H,5,6)/t6-,7-,8-;/m1./s1. The Labute approximate surface area is 121 Å². The molecule has 124 valence electrons. The maximum absolute atomic E-state index is 10.7. The molecule has 0 fully saturated rings. The number of hydrogen-bond donors (Lipinski definition) is 5. The minimum Gasteiger partial charge on any atom is -0.481 e. The van der Waals surface area contributed by atoms with Crippen molar-refractivity contribution in [2.45, 2.75) is 39.1 Å². The van der Waals surface area contributed by atoms with E-state index in [1.165, 1.54) is 0 Å². The molecule has 0 bridgehead atoms. The van der Waals surface area contributed by atoms with Crippen molar-refractivity contribution in [1.82, 2.24) is 0 Å². The van der Waals surface area contributed by atoms with Crippen LogP contribution in [0, 0.1) is 5.92 Å². The summed E-state index contributed by atoms with van der Waals surface area (Å²) in [4.78, 5) is 30.8. The third-order valence-electron chi connectivity index (χ3n) is 2.15. The van der Waals surface area contributed by atoms with Crippen molar-refractivity contribution >= 4 is 17.7 Å². The van der Waals surface area contributed by atoms with Crippen molar-refractivity contribution in [1.29, 1.82) is 0 Å². The molecule has 0 aliphatic heterocycles. The summed E-state index contributed by atoms with van der Waals surface area (Å²) in [5.41, 5.74) is 0. The first-order valence-corrected chi connectivity index (χ1v) is 6.08. The monoisotopic (exact) mass is 310 g/mol. The van der Waals surface area contributed by atoms with Gasteiger partial charge in [-0.3, -0.25) is 14.4 Å². The molecule has 0 unspecified atom stereocenters. The second-order valence-corrected chi connectivity index (χ2v) is 4.42. The molecule has 0 spiro atoms. The van der Waals surface area contributed by atoms with E-state index in [9.17, 15) is 19.5 Å². The van der Waals surface area contributed by atoms with Gasteiger partial charge in [-0.15, -0.1) is 0 Å². The van der Waals surface area contributed by atoms with Crippen molar-refractivity contribution in [2.24, 2.45) is 5.92 Å². The molecular formula is C12H22O9. The fourth-order valence-corrected chi connectivity index (χ4v) is 0.796. The molecule has 0 aromatic rings. The summed E-state index contributed by atoms with van der Waals surface area (Å²) in [6.07, 6.45) is -5.29. The second-order valence-electron chi connectivity index (χ2n) is 4.42.